The second kappa shape index (κ2) is 11.2. The quantitative estimate of drug-likeness (QED) is 0.369. The topological polar surface area (TPSA) is 156 Å². The van der Waals surface area contributed by atoms with Crippen molar-refractivity contribution in [1.29, 1.82) is 0 Å². The molecule has 1 unspecified atom stereocenters. The van der Waals surface area contributed by atoms with Gasteiger partial charge in [0.2, 0.25) is 0 Å². The number of carbonyl (C=O) groups is 3. The molecule has 0 bridgehead atoms. The molecular weight excluding hydrogens is 266 g/mol. The number of nitrogens with two attached hydrogens (primary N) is 1. The van der Waals surface area contributed by atoms with Crippen molar-refractivity contribution < 1.29 is 88.8 Å². The summed E-state index contributed by atoms with van der Waals surface area (Å²) in [7, 11) is 0. The van der Waals surface area contributed by atoms with Crippen LogP contribution in [0.5, 0.6) is 0 Å². The molecule has 0 radical (unpaired) electrons. The van der Waals surface area contributed by atoms with Gasteiger partial charge in [-0.15, -0.1) is 0 Å². The SMILES string of the molecule is NCC(CC(=O)[O-])(CC(=O)O)NCC(=O)[O-].[Na+].[Na+]. The molecule has 8 nitrogen and oxygen atoms in total. The molecule has 0 saturated heterocycles. The van der Waals surface area contributed by atoms with Crippen LogP contribution in [0.2, 0.25) is 0 Å². The van der Waals surface area contributed by atoms with E-state index in [1.807, 2.05) is 0 Å². The summed E-state index contributed by atoms with van der Waals surface area (Å²) < 4.78 is 0. The van der Waals surface area contributed by atoms with E-state index < -0.39 is 42.8 Å². The van der Waals surface area contributed by atoms with Crippen molar-refractivity contribution in [2.45, 2.75) is 18.4 Å². The van der Waals surface area contributed by atoms with Gasteiger partial charge in [0.15, 0.2) is 0 Å². The third-order valence-corrected chi connectivity index (χ3v) is 1.97. The van der Waals surface area contributed by atoms with Crippen LogP contribution in [0.4, 0.5) is 0 Å². The summed E-state index contributed by atoms with van der Waals surface area (Å²) in [5.74, 6) is -4.29. The molecule has 18 heavy (non-hydrogen) atoms. The number of hydrogen-bond donors (Lipinski definition) is 3. The number of rotatable bonds is 8. The van der Waals surface area contributed by atoms with Crippen LogP contribution < -0.4 is 80.4 Å². The van der Waals surface area contributed by atoms with Crippen LogP contribution in [-0.4, -0.2) is 41.6 Å². The van der Waals surface area contributed by atoms with E-state index in [-0.39, 0.29) is 65.7 Å². The fraction of sp³-hybridized carbons (Fsp3) is 0.625. The Labute approximate surface area is 148 Å². The molecule has 0 saturated carbocycles. The zero-order chi connectivity index (χ0) is 12.8. The molecule has 0 aliphatic heterocycles. The van der Waals surface area contributed by atoms with Gasteiger partial charge in [-0.25, -0.2) is 0 Å². The van der Waals surface area contributed by atoms with Crippen molar-refractivity contribution in [1.82, 2.24) is 5.32 Å². The Morgan fingerprint density at radius 1 is 1.11 bits per heavy atom. The minimum Gasteiger partial charge on any atom is -0.550 e. The Morgan fingerprint density at radius 3 is 1.89 bits per heavy atom. The number of carboxylic acid groups (broad SMARTS) is 3. The molecule has 1 atom stereocenters. The van der Waals surface area contributed by atoms with E-state index in [2.05, 4.69) is 5.32 Å². The maximum absolute atomic E-state index is 10.5. The third kappa shape index (κ3) is 10.3. The van der Waals surface area contributed by atoms with E-state index in [0.717, 1.165) is 0 Å². The van der Waals surface area contributed by atoms with Gasteiger partial charge in [-0.3, -0.25) is 4.79 Å². The minimum absolute atomic E-state index is 0. The number of aliphatic carboxylic acids is 3. The molecule has 0 heterocycles. The van der Waals surface area contributed by atoms with Gasteiger partial charge in [0.25, 0.3) is 0 Å². The molecule has 0 aromatic carbocycles. The summed E-state index contributed by atoms with van der Waals surface area (Å²) in [5.41, 5.74) is 3.72. The summed E-state index contributed by atoms with van der Waals surface area (Å²) in [6.07, 6.45) is -1.31. The average Bonchev–Trinajstić information content (AvgIpc) is 2.12. The molecule has 0 rings (SSSR count). The van der Waals surface area contributed by atoms with Crippen LogP contribution in [0, 0.1) is 0 Å². The molecule has 0 aromatic rings. The van der Waals surface area contributed by atoms with Crippen molar-refractivity contribution in [3.05, 3.63) is 0 Å². The Balaban J connectivity index is -0.00000112. The first-order valence-electron chi connectivity index (χ1n) is 4.38. The van der Waals surface area contributed by atoms with Crippen molar-refractivity contribution >= 4 is 17.9 Å². The van der Waals surface area contributed by atoms with E-state index in [9.17, 15) is 24.6 Å². The molecule has 10 heteroatoms. The van der Waals surface area contributed by atoms with Crippen LogP contribution in [0.15, 0.2) is 0 Å². The van der Waals surface area contributed by atoms with Gasteiger partial charge in [-0.05, 0) is 0 Å². The van der Waals surface area contributed by atoms with Crippen LogP contribution in [0.3, 0.4) is 0 Å². The summed E-state index contributed by atoms with van der Waals surface area (Å²) in [6, 6.07) is 0. The summed E-state index contributed by atoms with van der Waals surface area (Å²) in [4.78, 5) is 31.2. The van der Waals surface area contributed by atoms with E-state index in [1.54, 1.807) is 0 Å². The molecule has 0 fully saturated rings. The van der Waals surface area contributed by atoms with E-state index >= 15 is 0 Å². The summed E-state index contributed by atoms with van der Waals surface area (Å²) in [6.45, 7) is -1.03. The monoisotopic (exact) mass is 278 g/mol. The first kappa shape index (κ1) is 23.4. The van der Waals surface area contributed by atoms with Crippen LogP contribution >= 0.6 is 0 Å². The van der Waals surface area contributed by atoms with Gasteiger partial charge in [0.1, 0.15) is 0 Å². The third-order valence-electron chi connectivity index (χ3n) is 1.97. The van der Waals surface area contributed by atoms with Gasteiger partial charge in [-0.1, -0.05) is 0 Å². The molecule has 0 spiro atoms. The zero-order valence-corrected chi connectivity index (χ0v) is 14.4. The normalized spacial score (nSPS) is 12.5. The standard InChI is InChI=1S/C8H14N2O6.2Na/c9-4-8(1-5(11)12,2-6(13)14)10-3-7(15)16;;/h10H,1-4,9H2,(H,11,12)(H,13,14)(H,15,16);;/q;2*+1/p-2. The molecule has 0 aromatic heterocycles. The first-order valence-corrected chi connectivity index (χ1v) is 4.38. The van der Waals surface area contributed by atoms with Gasteiger partial charge >= 0.3 is 65.1 Å². The van der Waals surface area contributed by atoms with Gasteiger partial charge in [0, 0.05) is 31.0 Å². The summed E-state index contributed by atoms with van der Waals surface area (Å²) >= 11 is 0. The number of hydrogen-bond acceptors (Lipinski definition) is 7. The molecule has 0 aliphatic carbocycles. The molecule has 0 amide bonds. The summed E-state index contributed by atoms with van der Waals surface area (Å²) in [5, 5.41) is 31.5. The van der Waals surface area contributed by atoms with Crippen LogP contribution in [-0.2, 0) is 14.4 Å². The van der Waals surface area contributed by atoms with Crippen molar-refractivity contribution in [3.63, 3.8) is 0 Å². The van der Waals surface area contributed by atoms with Crippen molar-refractivity contribution in [3.8, 4) is 0 Å². The predicted molar refractivity (Wildman–Crippen MR) is 46.7 cm³/mol. The fourth-order valence-corrected chi connectivity index (χ4v) is 1.23. The molecule has 4 N–H and O–H groups in total. The van der Waals surface area contributed by atoms with Crippen molar-refractivity contribution in [2.24, 2.45) is 5.73 Å². The number of carbonyl (C=O) groups excluding carboxylic acids is 2. The largest absolute Gasteiger partial charge is 1.00 e. The Bertz CT molecular complexity index is 283. The average molecular weight is 278 g/mol. The fourth-order valence-electron chi connectivity index (χ4n) is 1.23. The van der Waals surface area contributed by atoms with Gasteiger partial charge < -0.3 is 36.0 Å². The molecule has 0 aliphatic rings. The van der Waals surface area contributed by atoms with E-state index in [4.69, 9.17) is 10.8 Å². The smallest absolute Gasteiger partial charge is 0.550 e. The predicted octanol–water partition coefficient (Wildman–Crippen LogP) is -10.4. The molecular formula is C8H12N2Na2O6. The van der Waals surface area contributed by atoms with E-state index in [0.29, 0.717) is 0 Å². The second-order valence-electron chi connectivity index (χ2n) is 3.33. The Kier molecular flexibility index (Phi) is 14.6. The Morgan fingerprint density at radius 2 is 1.61 bits per heavy atom. The number of nitrogens with one attached hydrogen (secondary N) is 1. The van der Waals surface area contributed by atoms with Gasteiger partial charge in [0.05, 0.1) is 12.4 Å². The first-order chi connectivity index (χ1) is 7.31. The maximum atomic E-state index is 10.5. The van der Waals surface area contributed by atoms with Gasteiger partial charge in [-0.2, -0.15) is 0 Å². The van der Waals surface area contributed by atoms with Crippen molar-refractivity contribution in [2.75, 3.05) is 13.1 Å². The Hall–Kier alpha value is 0.330. The maximum Gasteiger partial charge on any atom is 1.00 e. The second-order valence-corrected chi connectivity index (χ2v) is 3.33. The van der Waals surface area contributed by atoms with Crippen LogP contribution in [0.25, 0.3) is 0 Å². The number of carboxylic acids is 3. The van der Waals surface area contributed by atoms with Crippen LogP contribution in [0.1, 0.15) is 12.8 Å². The molecule has 92 valence electrons. The zero-order valence-electron chi connectivity index (χ0n) is 10.4. The minimum atomic E-state index is -1.54. The van der Waals surface area contributed by atoms with E-state index in [1.165, 1.54) is 0 Å².